The Morgan fingerprint density at radius 2 is 1.96 bits per heavy atom. The van der Waals surface area contributed by atoms with Crippen LogP contribution in [0.2, 0.25) is 0 Å². The molecule has 148 valence electrons. The van der Waals surface area contributed by atoms with Crippen molar-refractivity contribution in [1.82, 2.24) is 19.7 Å². The monoisotopic (exact) mass is 391 g/mol. The third-order valence-electron chi connectivity index (χ3n) is 5.35. The smallest absolute Gasteiger partial charge is 0.293 e. The molecule has 0 aliphatic carbocycles. The van der Waals surface area contributed by atoms with E-state index < -0.39 is 0 Å². The number of carbonyl (C=O) groups excluding carboxylic acids is 1. The summed E-state index contributed by atoms with van der Waals surface area (Å²) >= 11 is 0. The molecule has 1 fully saturated rings. The quantitative estimate of drug-likeness (QED) is 0.870. The van der Waals surface area contributed by atoms with Crippen molar-refractivity contribution in [1.29, 1.82) is 0 Å². The second-order valence-corrected chi connectivity index (χ2v) is 8.22. The van der Waals surface area contributed by atoms with Crippen LogP contribution in [0.25, 0.3) is 5.69 Å². The maximum atomic E-state index is 13.0. The zero-order valence-electron chi connectivity index (χ0n) is 16.8. The summed E-state index contributed by atoms with van der Waals surface area (Å²) in [6.07, 6.45) is 0.800. The molecule has 7 heteroatoms. The van der Waals surface area contributed by atoms with Crippen LogP contribution in [0.1, 0.15) is 62.0 Å². The number of likely N-dealkylation sites (tertiary alicyclic amines) is 1. The maximum absolute atomic E-state index is 13.0. The van der Waals surface area contributed by atoms with E-state index in [-0.39, 0.29) is 35.6 Å². The first-order chi connectivity index (χ1) is 12.2. The highest BCUT2D eigenvalue weighted by Crippen LogP contribution is 2.28. The topological polar surface area (TPSA) is 77.0 Å². The highest BCUT2D eigenvalue weighted by atomic mass is 35.5. The summed E-state index contributed by atoms with van der Waals surface area (Å²) in [5, 5.41) is 4.55. The van der Waals surface area contributed by atoms with Crippen molar-refractivity contribution in [2.45, 2.75) is 53.0 Å². The normalized spacial score (nSPS) is 19.1. The average Bonchev–Trinajstić information content (AvgIpc) is 2.98. The Labute approximate surface area is 167 Å². The zero-order chi connectivity index (χ0) is 19.1. The minimum Gasteiger partial charge on any atom is -0.335 e. The van der Waals surface area contributed by atoms with Gasteiger partial charge in [-0.3, -0.25) is 4.79 Å². The van der Waals surface area contributed by atoms with Crippen LogP contribution < -0.4 is 5.73 Å². The third kappa shape index (κ3) is 4.17. The molecule has 0 bridgehead atoms. The molecule has 0 radical (unpaired) electrons. The van der Waals surface area contributed by atoms with Gasteiger partial charge >= 0.3 is 0 Å². The average molecular weight is 392 g/mol. The number of nitrogens with two attached hydrogens (primary N) is 1. The van der Waals surface area contributed by atoms with Gasteiger partial charge in [-0.25, -0.2) is 9.67 Å². The van der Waals surface area contributed by atoms with Crippen LogP contribution in [0.15, 0.2) is 24.3 Å². The van der Waals surface area contributed by atoms with Gasteiger partial charge in [-0.2, -0.15) is 0 Å². The van der Waals surface area contributed by atoms with Crippen molar-refractivity contribution in [3.63, 3.8) is 0 Å². The molecule has 27 heavy (non-hydrogen) atoms. The molecule has 6 nitrogen and oxygen atoms in total. The summed E-state index contributed by atoms with van der Waals surface area (Å²) in [5.74, 6) is 1.22. The molecule has 1 atom stereocenters. The Balaban J connectivity index is 0.00000261. The number of aryl methyl sites for hydroxylation is 1. The van der Waals surface area contributed by atoms with Gasteiger partial charge in [0.25, 0.3) is 5.91 Å². The molecule has 3 rings (SSSR count). The highest BCUT2D eigenvalue weighted by molar-refractivity contribution is 5.90. The minimum absolute atomic E-state index is 0. The number of aromatic nitrogens is 3. The third-order valence-corrected chi connectivity index (χ3v) is 5.35. The summed E-state index contributed by atoms with van der Waals surface area (Å²) in [6, 6.07) is 8.23. The summed E-state index contributed by atoms with van der Waals surface area (Å²) in [7, 11) is 0. The van der Waals surface area contributed by atoms with E-state index in [0.29, 0.717) is 19.0 Å². The fraction of sp³-hybridized carbons (Fsp3) is 0.550. The van der Waals surface area contributed by atoms with Crippen molar-refractivity contribution < 1.29 is 4.79 Å². The SMILES string of the molecule is Cc1nc(C(=O)N2CCC(N)C(C)(C)C2)nn1-c1ccccc1C(C)C.Cl. The predicted octanol–water partition coefficient (Wildman–Crippen LogP) is 3.32. The fourth-order valence-corrected chi connectivity index (χ4v) is 3.57. The van der Waals surface area contributed by atoms with Gasteiger partial charge in [0.05, 0.1) is 5.69 Å². The van der Waals surface area contributed by atoms with Gasteiger partial charge in [-0.15, -0.1) is 17.5 Å². The van der Waals surface area contributed by atoms with Crippen LogP contribution in [0, 0.1) is 12.3 Å². The van der Waals surface area contributed by atoms with Gasteiger partial charge in [-0.05, 0) is 36.3 Å². The van der Waals surface area contributed by atoms with E-state index in [2.05, 4.69) is 43.8 Å². The number of rotatable bonds is 3. The Kier molecular flexibility index (Phi) is 6.32. The Morgan fingerprint density at radius 3 is 2.59 bits per heavy atom. The van der Waals surface area contributed by atoms with Crippen molar-refractivity contribution in [2.24, 2.45) is 11.1 Å². The standard InChI is InChI=1S/C20H29N5O.ClH/c1-13(2)15-8-6-7-9-16(15)25-14(3)22-18(23-25)19(26)24-11-10-17(21)20(4,5)12-24;/h6-9,13,17H,10-12,21H2,1-5H3;1H. The molecule has 0 spiro atoms. The maximum Gasteiger partial charge on any atom is 0.293 e. The van der Waals surface area contributed by atoms with Crippen LogP contribution in [-0.2, 0) is 0 Å². The van der Waals surface area contributed by atoms with Crippen LogP contribution in [0.3, 0.4) is 0 Å². The number of hydrogen-bond acceptors (Lipinski definition) is 4. The molecule has 1 aliphatic rings. The summed E-state index contributed by atoms with van der Waals surface area (Å²) in [4.78, 5) is 19.2. The van der Waals surface area contributed by atoms with Gasteiger partial charge in [-0.1, -0.05) is 45.9 Å². The van der Waals surface area contributed by atoms with Crippen molar-refractivity contribution in [3.05, 3.63) is 41.5 Å². The molecule has 1 unspecified atom stereocenters. The van der Waals surface area contributed by atoms with Gasteiger partial charge < -0.3 is 10.6 Å². The van der Waals surface area contributed by atoms with Gasteiger partial charge in [0, 0.05) is 19.1 Å². The number of amides is 1. The predicted molar refractivity (Wildman–Crippen MR) is 110 cm³/mol. The van der Waals surface area contributed by atoms with Gasteiger partial charge in [0.1, 0.15) is 5.82 Å². The number of benzene rings is 1. The molecule has 2 heterocycles. The number of carbonyl (C=O) groups is 1. The Hall–Kier alpha value is -1.92. The molecule has 0 saturated carbocycles. The first kappa shape index (κ1) is 21.4. The van der Waals surface area contributed by atoms with Crippen LogP contribution in [0.5, 0.6) is 0 Å². The van der Waals surface area contributed by atoms with E-state index in [1.807, 2.05) is 30.0 Å². The van der Waals surface area contributed by atoms with Crippen LogP contribution in [0.4, 0.5) is 0 Å². The van der Waals surface area contributed by atoms with Gasteiger partial charge in [0.15, 0.2) is 0 Å². The van der Waals surface area contributed by atoms with Crippen molar-refractivity contribution in [3.8, 4) is 5.69 Å². The molecule has 1 aliphatic heterocycles. The molecule has 1 aromatic heterocycles. The molecule has 1 amide bonds. The number of piperidine rings is 1. The lowest BCUT2D eigenvalue weighted by Gasteiger charge is -2.42. The lowest BCUT2D eigenvalue weighted by atomic mass is 9.79. The lowest BCUT2D eigenvalue weighted by molar-refractivity contribution is 0.0521. The number of halogens is 1. The van der Waals surface area contributed by atoms with Crippen LogP contribution in [-0.4, -0.2) is 44.7 Å². The first-order valence-corrected chi connectivity index (χ1v) is 9.28. The second kappa shape index (κ2) is 7.98. The molecular weight excluding hydrogens is 362 g/mol. The molecule has 1 aromatic carbocycles. The lowest BCUT2D eigenvalue weighted by Crippen LogP contribution is -2.54. The Morgan fingerprint density at radius 1 is 1.30 bits per heavy atom. The minimum atomic E-state index is -0.117. The number of hydrogen-bond donors (Lipinski definition) is 1. The second-order valence-electron chi connectivity index (χ2n) is 8.22. The Bertz CT molecular complexity index is 814. The van der Waals surface area contributed by atoms with E-state index in [1.54, 1.807) is 4.68 Å². The molecule has 2 aromatic rings. The van der Waals surface area contributed by atoms with E-state index in [0.717, 1.165) is 17.9 Å². The highest BCUT2D eigenvalue weighted by Gasteiger charge is 2.36. The largest absolute Gasteiger partial charge is 0.335 e. The zero-order valence-corrected chi connectivity index (χ0v) is 17.6. The molecular formula is C20H30ClN5O. The first-order valence-electron chi connectivity index (χ1n) is 9.28. The van der Waals surface area contributed by atoms with Gasteiger partial charge in [0.2, 0.25) is 5.82 Å². The number of para-hydroxylation sites is 1. The molecule has 1 saturated heterocycles. The van der Waals surface area contributed by atoms with Crippen molar-refractivity contribution >= 4 is 18.3 Å². The molecule has 2 N–H and O–H groups in total. The summed E-state index contributed by atoms with van der Waals surface area (Å²) in [6.45, 7) is 11.7. The van der Waals surface area contributed by atoms with Crippen molar-refractivity contribution in [2.75, 3.05) is 13.1 Å². The van der Waals surface area contributed by atoms with E-state index >= 15 is 0 Å². The number of nitrogens with zero attached hydrogens (tertiary/aromatic N) is 4. The fourth-order valence-electron chi connectivity index (χ4n) is 3.57. The van der Waals surface area contributed by atoms with E-state index in [1.165, 1.54) is 5.56 Å². The van der Waals surface area contributed by atoms with E-state index in [9.17, 15) is 4.79 Å². The van der Waals surface area contributed by atoms with E-state index in [4.69, 9.17) is 5.73 Å². The van der Waals surface area contributed by atoms with Crippen LogP contribution >= 0.6 is 12.4 Å². The summed E-state index contributed by atoms with van der Waals surface area (Å²) in [5.41, 5.74) is 8.25. The summed E-state index contributed by atoms with van der Waals surface area (Å²) < 4.78 is 1.78.